The van der Waals surface area contributed by atoms with Crippen molar-refractivity contribution < 1.29 is 0 Å². The van der Waals surface area contributed by atoms with Crippen LogP contribution in [0.5, 0.6) is 0 Å². The van der Waals surface area contributed by atoms with Crippen LogP contribution in [0.15, 0.2) is 24.3 Å². The van der Waals surface area contributed by atoms with E-state index in [-0.39, 0.29) is 0 Å². The Morgan fingerprint density at radius 2 is 1.85 bits per heavy atom. The van der Waals surface area contributed by atoms with E-state index < -0.39 is 0 Å². The third-order valence-electron chi connectivity index (χ3n) is 3.17. The molecule has 1 saturated heterocycles. The topological polar surface area (TPSA) is 3.24 Å². The second kappa shape index (κ2) is 2.65. The maximum atomic E-state index is 6.13. The van der Waals surface area contributed by atoms with Crippen molar-refractivity contribution in [3.63, 3.8) is 0 Å². The molecule has 68 valence electrons. The summed E-state index contributed by atoms with van der Waals surface area (Å²) < 4.78 is 0. The number of para-hydroxylation sites is 1. The lowest BCUT2D eigenvalue weighted by atomic mass is 10.3. The molecule has 13 heavy (non-hydrogen) atoms. The predicted molar refractivity (Wildman–Crippen MR) is 55.3 cm³/mol. The van der Waals surface area contributed by atoms with Crippen LogP contribution in [-0.2, 0) is 0 Å². The highest BCUT2D eigenvalue weighted by Gasteiger charge is 2.45. The minimum atomic E-state index is 0.892. The third-order valence-corrected chi connectivity index (χ3v) is 3.49. The van der Waals surface area contributed by atoms with Crippen LogP contribution in [-0.4, -0.2) is 13.1 Å². The molecule has 2 unspecified atom stereocenters. The lowest BCUT2D eigenvalue weighted by molar-refractivity contribution is 0.820. The van der Waals surface area contributed by atoms with Gasteiger partial charge in [0.1, 0.15) is 0 Å². The molecule has 0 bridgehead atoms. The number of hydrogen-bond donors (Lipinski definition) is 0. The van der Waals surface area contributed by atoms with E-state index in [0.717, 1.165) is 16.9 Å². The molecule has 0 amide bonds. The lowest BCUT2D eigenvalue weighted by Crippen LogP contribution is -2.21. The van der Waals surface area contributed by atoms with Crippen LogP contribution in [0.3, 0.4) is 0 Å². The Balaban J connectivity index is 1.88. The predicted octanol–water partition coefficient (Wildman–Crippen LogP) is 2.80. The van der Waals surface area contributed by atoms with Gasteiger partial charge in [-0.2, -0.15) is 0 Å². The first-order chi connectivity index (χ1) is 6.34. The van der Waals surface area contributed by atoms with Crippen LogP contribution in [0.1, 0.15) is 6.42 Å². The van der Waals surface area contributed by atoms with E-state index >= 15 is 0 Å². The van der Waals surface area contributed by atoms with Crippen LogP contribution in [0.4, 0.5) is 5.69 Å². The molecule has 0 aromatic heterocycles. The number of halogens is 1. The van der Waals surface area contributed by atoms with E-state index in [4.69, 9.17) is 11.6 Å². The highest BCUT2D eigenvalue weighted by molar-refractivity contribution is 6.33. The summed E-state index contributed by atoms with van der Waals surface area (Å²) in [6.45, 7) is 2.43. The summed E-state index contributed by atoms with van der Waals surface area (Å²) in [4.78, 5) is 2.42. The molecule has 2 aliphatic rings. The fourth-order valence-electron chi connectivity index (χ4n) is 2.30. The summed E-state index contributed by atoms with van der Waals surface area (Å²) >= 11 is 6.13. The van der Waals surface area contributed by atoms with E-state index in [1.165, 1.54) is 25.2 Å². The molecule has 2 heteroatoms. The SMILES string of the molecule is Clc1ccccc1N1CC2CC2C1. The summed E-state index contributed by atoms with van der Waals surface area (Å²) in [5.74, 6) is 1.94. The monoisotopic (exact) mass is 193 g/mol. The first-order valence-electron chi connectivity index (χ1n) is 4.84. The normalized spacial score (nSPS) is 30.4. The zero-order valence-electron chi connectivity index (χ0n) is 7.41. The second-order valence-electron chi connectivity index (χ2n) is 4.11. The van der Waals surface area contributed by atoms with Gasteiger partial charge in [0.15, 0.2) is 0 Å². The van der Waals surface area contributed by atoms with Gasteiger partial charge < -0.3 is 4.90 Å². The third kappa shape index (κ3) is 1.22. The summed E-state index contributed by atoms with van der Waals surface area (Å²) in [5, 5.41) is 0.892. The number of fused-ring (bicyclic) bond motifs is 1. The molecule has 1 nitrogen and oxygen atoms in total. The molecule has 0 radical (unpaired) electrons. The fourth-order valence-corrected chi connectivity index (χ4v) is 2.56. The van der Waals surface area contributed by atoms with E-state index in [1.807, 2.05) is 12.1 Å². The lowest BCUT2D eigenvalue weighted by Gasteiger charge is -2.21. The van der Waals surface area contributed by atoms with Gasteiger partial charge in [-0.05, 0) is 30.4 Å². The van der Waals surface area contributed by atoms with Crippen LogP contribution < -0.4 is 4.90 Å². The quantitative estimate of drug-likeness (QED) is 0.663. The summed E-state index contributed by atoms with van der Waals surface area (Å²) in [6, 6.07) is 8.14. The van der Waals surface area contributed by atoms with Crippen molar-refractivity contribution in [1.82, 2.24) is 0 Å². The van der Waals surface area contributed by atoms with Gasteiger partial charge in [0.25, 0.3) is 0 Å². The van der Waals surface area contributed by atoms with Gasteiger partial charge in [-0.25, -0.2) is 0 Å². The standard InChI is InChI=1S/C11H12ClN/c12-10-3-1-2-4-11(10)13-6-8-5-9(8)7-13/h1-4,8-9H,5-7H2. The van der Waals surface area contributed by atoms with Gasteiger partial charge in [0, 0.05) is 13.1 Å². The average Bonchev–Trinajstić information content (AvgIpc) is 2.75. The van der Waals surface area contributed by atoms with E-state index in [1.54, 1.807) is 0 Å². The van der Waals surface area contributed by atoms with E-state index in [9.17, 15) is 0 Å². The molecule has 1 heterocycles. The van der Waals surface area contributed by atoms with E-state index in [2.05, 4.69) is 17.0 Å². The Labute approximate surface area is 83.3 Å². The Bertz CT molecular complexity index is 327. The zero-order chi connectivity index (χ0) is 8.84. The van der Waals surface area contributed by atoms with Crippen molar-refractivity contribution in [2.45, 2.75) is 6.42 Å². The van der Waals surface area contributed by atoms with Gasteiger partial charge >= 0.3 is 0 Å². The number of nitrogens with zero attached hydrogens (tertiary/aromatic N) is 1. The molecular formula is C11H12ClN. The van der Waals surface area contributed by atoms with Crippen molar-refractivity contribution in [2.24, 2.45) is 11.8 Å². The molecular weight excluding hydrogens is 182 g/mol. The largest absolute Gasteiger partial charge is 0.370 e. The van der Waals surface area contributed by atoms with Crippen LogP contribution in [0.2, 0.25) is 5.02 Å². The zero-order valence-corrected chi connectivity index (χ0v) is 8.17. The van der Waals surface area contributed by atoms with Crippen molar-refractivity contribution in [3.05, 3.63) is 29.3 Å². The summed E-state index contributed by atoms with van der Waals surface area (Å²) in [6.07, 6.45) is 1.45. The summed E-state index contributed by atoms with van der Waals surface area (Å²) in [5.41, 5.74) is 1.22. The molecule has 2 fully saturated rings. The Morgan fingerprint density at radius 1 is 1.15 bits per heavy atom. The molecule has 1 aliphatic heterocycles. The number of benzene rings is 1. The molecule has 0 N–H and O–H groups in total. The van der Waals surface area contributed by atoms with Gasteiger partial charge in [-0.15, -0.1) is 0 Å². The fraction of sp³-hybridized carbons (Fsp3) is 0.455. The molecule has 1 aromatic rings. The minimum Gasteiger partial charge on any atom is -0.370 e. The van der Waals surface area contributed by atoms with E-state index in [0.29, 0.717) is 0 Å². The molecule has 1 aromatic carbocycles. The molecule has 0 spiro atoms. The van der Waals surface area contributed by atoms with Crippen molar-refractivity contribution in [2.75, 3.05) is 18.0 Å². The van der Waals surface area contributed by atoms with Gasteiger partial charge in [0.05, 0.1) is 10.7 Å². The summed E-state index contributed by atoms with van der Waals surface area (Å²) in [7, 11) is 0. The second-order valence-corrected chi connectivity index (χ2v) is 4.52. The highest BCUT2D eigenvalue weighted by Crippen LogP contribution is 2.47. The first-order valence-corrected chi connectivity index (χ1v) is 5.22. The Morgan fingerprint density at radius 3 is 2.54 bits per heavy atom. The smallest absolute Gasteiger partial charge is 0.0639 e. The van der Waals surface area contributed by atoms with Crippen LogP contribution in [0, 0.1) is 11.8 Å². The van der Waals surface area contributed by atoms with Crippen LogP contribution >= 0.6 is 11.6 Å². The molecule has 1 saturated carbocycles. The van der Waals surface area contributed by atoms with Crippen LogP contribution in [0.25, 0.3) is 0 Å². The van der Waals surface area contributed by atoms with Crippen molar-refractivity contribution >= 4 is 17.3 Å². The minimum absolute atomic E-state index is 0.892. The Kier molecular flexibility index (Phi) is 1.57. The number of rotatable bonds is 1. The molecule has 2 atom stereocenters. The number of piperidine rings is 1. The number of hydrogen-bond acceptors (Lipinski definition) is 1. The average molecular weight is 194 g/mol. The highest BCUT2D eigenvalue weighted by atomic mass is 35.5. The first kappa shape index (κ1) is 7.69. The molecule has 1 aliphatic carbocycles. The van der Waals surface area contributed by atoms with Crippen molar-refractivity contribution in [3.8, 4) is 0 Å². The van der Waals surface area contributed by atoms with Gasteiger partial charge in [0.2, 0.25) is 0 Å². The molecule has 3 rings (SSSR count). The van der Waals surface area contributed by atoms with Gasteiger partial charge in [-0.3, -0.25) is 0 Å². The van der Waals surface area contributed by atoms with Gasteiger partial charge in [-0.1, -0.05) is 23.7 Å². The Hall–Kier alpha value is -0.690. The maximum absolute atomic E-state index is 6.13. The maximum Gasteiger partial charge on any atom is 0.0639 e. The van der Waals surface area contributed by atoms with Crippen molar-refractivity contribution in [1.29, 1.82) is 0 Å². The number of anilines is 1.